The van der Waals surface area contributed by atoms with E-state index in [1.807, 2.05) is 5.06 Å². The molecule has 0 aromatic rings. The first-order valence-electron chi connectivity index (χ1n) is 6.23. The van der Waals surface area contributed by atoms with Crippen LogP contribution in [0.3, 0.4) is 0 Å². The van der Waals surface area contributed by atoms with Crippen LogP contribution < -0.4 is 0 Å². The van der Waals surface area contributed by atoms with Crippen molar-refractivity contribution < 1.29 is 4.84 Å². The Hall–Kier alpha value is 0.314. The fourth-order valence-electron chi connectivity index (χ4n) is 1.79. The molecule has 0 unspecified atom stereocenters. The van der Waals surface area contributed by atoms with Crippen LogP contribution in [0, 0.1) is 0 Å². The Labute approximate surface area is 105 Å². The van der Waals surface area contributed by atoms with E-state index >= 15 is 0 Å². The van der Waals surface area contributed by atoms with Crippen molar-refractivity contribution in [3.05, 3.63) is 0 Å². The number of rotatable bonds is 8. The maximum absolute atomic E-state index is 5.74. The van der Waals surface area contributed by atoms with Gasteiger partial charge in [0.05, 0.1) is 6.23 Å². The van der Waals surface area contributed by atoms with Gasteiger partial charge in [-0.25, -0.2) is 0 Å². The van der Waals surface area contributed by atoms with Crippen LogP contribution in [-0.4, -0.2) is 52.6 Å². The van der Waals surface area contributed by atoms with Gasteiger partial charge in [-0.05, 0) is 6.04 Å². The van der Waals surface area contributed by atoms with E-state index in [4.69, 9.17) is 4.84 Å². The van der Waals surface area contributed by atoms with Gasteiger partial charge in [0, 0.05) is 13.1 Å². The molecule has 0 heterocycles. The summed E-state index contributed by atoms with van der Waals surface area (Å²) in [4.78, 5) is 5.74. The van der Waals surface area contributed by atoms with E-state index in [1.165, 1.54) is 0 Å². The summed E-state index contributed by atoms with van der Waals surface area (Å²) in [5, 5.41) is 2.02. The van der Waals surface area contributed by atoms with Crippen molar-refractivity contribution in [1.29, 1.82) is 0 Å². The number of nitrogens with zero attached hydrogens (tertiary/aromatic N) is 2. The first kappa shape index (κ1) is 16.3. The van der Waals surface area contributed by atoms with Gasteiger partial charge in [0.15, 0.2) is 9.68 Å². The third kappa shape index (κ3) is 6.15. The second kappa shape index (κ2) is 7.60. The Bertz CT molecular complexity index is 179. The van der Waals surface area contributed by atoms with E-state index in [0.717, 1.165) is 29.0 Å². The molecule has 16 heavy (non-hydrogen) atoms. The third-order valence-electron chi connectivity index (χ3n) is 2.43. The van der Waals surface area contributed by atoms with Gasteiger partial charge in [-0.3, -0.25) is 0 Å². The minimum atomic E-state index is -1.19. The highest BCUT2D eigenvalue weighted by atomic mass is 28.4. The highest BCUT2D eigenvalue weighted by Gasteiger charge is 2.26. The zero-order chi connectivity index (χ0) is 12.8. The van der Waals surface area contributed by atoms with Crippen LogP contribution in [0.15, 0.2) is 0 Å². The molecule has 5 heteroatoms. The molecule has 0 atom stereocenters. The van der Waals surface area contributed by atoms with E-state index in [-0.39, 0.29) is 0 Å². The lowest BCUT2D eigenvalue weighted by Crippen LogP contribution is -2.53. The predicted molar refractivity (Wildman–Crippen MR) is 74.9 cm³/mol. The van der Waals surface area contributed by atoms with Crippen LogP contribution in [-0.2, 0) is 4.84 Å². The molecule has 0 amide bonds. The topological polar surface area (TPSA) is 15.7 Å². The average Bonchev–Trinajstić information content (AvgIpc) is 2.15. The molecule has 0 rings (SSSR count). The Balaban J connectivity index is 4.04. The number of hydrogen-bond donors (Lipinski definition) is 0. The van der Waals surface area contributed by atoms with Gasteiger partial charge in [0.1, 0.15) is 8.24 Å². The van der Waals surface area contributed by atoms with Crippen molar-refractivity contribution in [3.63, 3.8) is 0 Å². The van der Waals surface area contributed by atoms with Gasteiger partial charge in [-0.2, -0.15) is 5.06 Å². The van der Waals surface area contributed by atoms with E-state index in [9.17, 15) is 0 Å². The average molecular weight is 261 g/mol. The summed E-state index contributed by atoms with van der Waals surface area (Å²) >= 11 is 0. The normalized spacial score (nSPS) is 13.1. The molecule has 2 radical (unpaired) electrons. The van der Waals surface area contributed by atoms with Gasteiger partial charge in [0.2, 0.25) is 0 Å². The molecule has 0 N–H and O–H groups in total. The number of hydrogen-bond acceptors (Lipinski definition) is 3. The summed E-state index contributed by atoms with van der Waals surface area (Å²) in [6.45, 7) is 18.0. The summed E-state index contributed by atoms with van der Waals surface area (Å²) in [7, 11) is -0.410. The highest BCUT2D eigenvalue weighted by Crippen LogP contribution is 2.11. The van der Waals surface area contributed by atoms with Crippen molar-refractivity contribution in [3.8, 4) is 0 Å². The SMILES string of the molecule is CCN(CC)OC[Si]N(C(C)C)[Si](C)(C)C. The van der Waals surface area contributed by atoms with Crippen LogP contribution in [0.1, 0.15) is 27.7 Å². The molecular formula is C11H28N2OSi2. The Kier molecular flexibility index (Phi) is 7.75. The molecule has 3 nitrogen and oxygen atoms in total. The molecule has 0 saturated heterocycles. The molecule has 0 aliphatic rings. The van der Waals surface area contributed by atoms with E-state index in [1.54, 1.807) is 0 Å². The molecule has 0 aromatic heterocycles. The Morgan fingerprint density at radius 3 is 1.94 bits per heavy atom. The Morgan fingerprint density at radius 1 is 1.12 bits per heavy atom. The van der Waals surface area contributed by atoms with Gasteiger partial charge in [0.25, 0.3) is 0 Å². The maximum atomic E-state index is 5.74. The standard InChI is InChI=1S/C11H28N2OSi2/c1-8-12(9-2)14-10-15-13(11(3)4)16(5,6)7/h11H,8-10H2,1-7H3. The van der Waals surface area contributed by atoms with E-state index < -0.39 is 8.24 Å². The summed E-state index contributed by atoms with van der Waals surface area (Å²) in [6.07, 6.45) is 0.837. The van der Waals surface area contributed by atoms with E-state index in [2.05, 4.69) is 51.6 Å². The molecule has 0 aromatic carbocycles. The highest BCUT2D eigenvalue weighted by molar-refractivity contribution is 6.79. The lowest BCUT2D eigenvalue weighted by molar-refractivity contribution is -0.135. The molecule has 96 valence electrons. The molecule has 0 spiro atoms. The third-order valence-corrected chi connectivity index (χ3v) is 7.99. The van der Waals surface area contributed by atoms with Crippen molar-refractivity contribution >= 4 is 17.9 Å². The number of hydroxylamine groups is 2. The fourth-order valence-corrected chi connectivity index (χ4v) is 6.17. The summed E-state index contributed by atoms with van der Waals surface area (Å²) < 4.78 is 2.64. The summed E-state index contributed by atoms with van der Waals surface area (Å²) in [6, 6.07) is 0.630. The van der Waals surface area contributed by atoms with Crippen LogP contribution in [0.5, 0.6) is 0 Å². The molecule has 0 fully saturated rings. The van der Waals surface area contributed by atoms with Gasteiger partial charge in [-0.15, -0.1) is 0 Å². The van der Waals surface area contributed by atoms with E-state index in [0.29, 0.717) is 6.04 Å². The second-order valence-electron chi connectivity index (χ2n) is 5.18. The lowest BCUT2D eigenvalue weighted by Gasteiger charge is -2.37. The first-order valence-corrected chi connectivity index (χ1v) is 10.8. The second-order valence-corrected chi connectivity index (χ2v) is 11.5. The molecule has 0 bridgehead atoms. The van der Waals surface area contributed by atoms with Gasteiger partial charge >= 0.3 is 0 Å². The quantitative estimate of drug-likeness (QED) is 0.492. The minimum Gasteiger partial charge on any atom is -0.344 e. The molecule has 0 saturated carbocycles. The maximum Gasteiger partial charge on any atom is 0.168 e. The molecule has 0 aliphatic carbocycles. The fraction of sp³-hybridized carbons (Fsp3) is 1.00. The minimum absolute atomic E-state index is 0.630. The predicted octanol–water partition coefficient (Wildman–Crippen LogP) is 2.38. The monoisotopic (exact) mass is 260 g/mol. The van der Waals surface area contributed by atoms with Crippen molar-refractivity contribution in [2.75, 3.05) is 19.3 Å². The van der Waals surface area contributed by atoms with Gasteiger partial charge in [-0.1, -0.05) is 47.3 Å². The largest absolute Gasteiger partial charge is 0.344 e. The van der Waals surface area contributed by atoms with Crippen molar-refractivity contribution in [2.24, 2.45) is 0 Å². The zero-order valence-corrected chi connectivity index (χ0v) is 14.0. The zero-order valence-electron chi connectivity index (χ0n) is 12.0. The van der Waals surface area contributed by atoms with Crippen LogP contribution in [0.25, 0.3) is 0 Å². The summed E-state index contributed by atoms with van der Waals surface area (Å²) in [5.41, 5.74) is 0. The Morgan fingerprint density at radius 2 is 1.62 bits per heavy atom. The molecular weight excluding hydrogens is 232 g/mol. The first-order chi connectivity index (χ1) is 7.32. The van der Waals surface area contributed by atoms with Crippen LogP contribution in [0.2, 0.25) is 19.6 Å². The van der Waals surface area contributed by atoms with Gasteiger partial charge < -0.3 is 9.07 Å². The smallest absolute Gasteiger partial charge is 0.168 e. The summed E-state index contributed by atoms with van der Waals surface area (Å²) in [5.74, 6) is 0. The van der Waals surface area contributed by atoms with Crippen molar-refractivity contribution in [2.45, 2.75) is 53.4 Å². The van der Waals surface area contributed by atoms with Crippen LogP contribution in [0.4, 0.5) is 0 Å². The van der Waals surface area contributed by atoms with Crippen LogP contribution >= 0.6 is 0 Å². The molecule has 0 aliphatic heterocycles. The lowest BCUT2D eigenvalue weighted by atomic mass is 10.4. The van der Waals surface area contributed by atoms with Crippen molar-refractivity contribution in [1.82, 2.24) is 9.29 Å².